The van der Waals surface area contributed by atoms with E-state index in [1.54, 1.807) is 19.4 Å². The summed E-state index contributed by atoms with van der Waals surface area (Å²) in [6, 6.07) is 2.02. The Morgan fingerprint density at radius 3 is 3.00 bits per heavy atom. The molecule has 1 aromatic heterocycles. The van der Waals surface area contributed by atoms with Crippen molar-refractivity contribution in [3.8, 4) is 5.88 Å². The van der Waals surface area contributed by atoms with E-state index >= 15 is 0 Å². The molecule has 2 heterocycles. The molecule has 0 atom stereocenters. The van der Waals surface area contributed by atoms with Crippen LogP contribution < -0.4 is 4.74 Å². The number of methoxy groups -OCH3 is 1. The number of aromatic nitrogens is 1. The molecular formula is C13H14N2O. The summed E-state index contributed by atoms with van der Waals surface area (Å²) < 4.78 is 5.14. The van der Waals surface area contributed by atoms with Crippen molar-refractivity contribution in [2.75, 3.05) is 13.7 Å². The Hall–Kier alpha value is -1.90. The van der Waals surface area contributed by atoms with Gasteiger partial charge in [0.05, 0.1) is 7.11 Å². The highest BCUT2D eigenvalue weighted by atomic mass is 16.5. The van der Waals surface area contributed by atoms with Crippen molar-refractivity contribution in [3.63, 3.8) is 0 Å². The molecular weight excluding hydrogens is 200 g/mol. The van der Waals surface area contributed by atoms with Crippen molar-refractivity contribution in [3.05, 3.63) is 36.0 Å². The van der Waals surface area contributed by atoms with Gasteiger partial charge in [0.1, 0.15) is 0 Å². The summed E-state index contributed by atoms with van der Waals surface area (Å²) in [4.78, 5) is 8.50. The van der Waals surface area contributed by atoms with Crippen molar-refractivity contribution >= 4 is 17.9 Å². The minimum atomic E-state index is 0.604. The third-order valence-electron chi connectivity index (χ3n) is 2.48. The molecule has 16 heavy (non-hydrogen) atoms. The van der Waals surface area contributed by atoms with Crippen molar-refractivity contribution in [1.82, 2.24) is 4.98 Å². The minimum Gasteiger partial charge on any atom is -0.481 e. The average Bonchev–Trinajstić information content (AvgIpc) is 2.39. The molecule has 2 rings (SSSR count). The average molecular weight is 214 g/mol. The second-order valence-corrected chi connectivity index (χ2v) is 3.51. The SMILES string of the molecule is C=Cc1cc(C2=CCCN=C2)cnc1OC. The van der Waals surface area contributed by atoms with Crippen LogP contribution in [0.2, 0.25) is 0 Å². The second-order valence-electron chi connectivity index (χ2n) is 3.51. The molecule has 0 radical (unpaired) electrons. The monoisotopic (exact) mass is 214 g/mol. The summed E-state index contributed by atoms with van der Waals surface area (Å²) in [7, 11) is 1.61. The summed E-state index contributed by atoms with van der Waals surface area (Å²) in [6.45, 7) is 4.63. The zero-order valence-corrected chi connectivity index (χ0v) is 9.31. The van der Waals surface area contributed by atoms with Gasteiger partial charge in [-0.25, -0.2) is 4.98 Å². The van der Waals surface area contributed by atoms with Crippen molar-refractivity contribution < 1.29 is 4.74 Å². The second kappa shape index (κ2) is 4.75. The van der Waals surface area contributed by atoms with Gasteiger partial charge in [-0.05, 0) is 18.1 Å². The molecule has 1 aliphatic heterocycles. The quantitative estimate of drug-likeness (QED) is 0.775. The molecule has 0 aliphatic carbocycles. The minimum absolute atomic E-state index is 0.604. The number of rotatable bonds is 3. The van der Waals surface area contributed by atoms with Gasteiger partial charge in [-0.3, -0.25) is 4.99 Å². The van der Waals surface area contributed by atoms with Gasteiger partial charge in [0, 0.05) is 30.1 Å². The fourth-order valence-corrected chi connectivity index (χ4v) is 1.65. The van der Waals surface area contributed by atoms with Crippen LogP contribution in [0.5, 0.6) is 5.88 Å². The maximum atomic E-state index is 5.14. The van der Waals surface area contributed by atoms with Gasteiger partial charge in [0.15, 0.2) is 0 Å². The maximum Gasteiger partial charge on any atom is 0.220 e. The number of aliphatic imine (C=N–C) groups is 1. The highest BCUT2D eigenvalue weighted by Gasteiger charge is 2.06. The van der Waals surface area contributed by atoms with Gasteiger partial charge in [-0.1, -0.05) is 18.7 Å². The Bertz CT molecular complexity index is 461. The number of allylic oxidation sites excluding steroid dienone is 1. The summed E-state index contributed by atoms with van der Waals surface area (Å²) in [6.07, 6.45) is 8.59. The first-order chi connectivity index (χ1) is 7.85. The van der Waals surface area contributed by atoms with Crippen LogP contribution in [0, 0.1) is 0 Å². The molecule has 0 fully saturated rings. The van der Waals surface area contributed by atoms with E-state index in [1.807, 2.05) is 12.3 Å². The molecule has 0 unspecified atom stereocenters. The zero-order chi connectivity index (χ0) is 11.4. The molecule has 82 valence electrons. The number of dihydropyridines is 1. The molecule has 3 nitrogen and oxygen atoms in total. The highest BCUT2D eigenvalue weighted by molar-refractivity contribution is 6.10. The summed E-state index contributed by atoms with van der Waals surface area (Å²) in [5.74, 6) is 0.604. The normalized spacial score (nSPS) is 14.4. The van der Waals surface area contributed by atoms with Crippen LogP contribution in [0.4, 0.5) is 0 Å². The Balaban J connectivity index is 2.39. The number of hydrogen-bond donors (Lipinski definition) is 0. The first-order valence-corrected chi connectivity index (χ1v) is 5.22. The smallest absolute Gasteiger partial charge is 0.220 e. The van der Waals surface area contributed by atoms with E-state index in [4.69, 9.17) is 4.74 Å². The number of nitrogens with zero attached hydrogens (tertiary/aromatic N) is 2. The lowest BCUT2D eigenvalue weighted by molar-refractivity contribution is 0.397. The van der Waals surface area contributed by atoms with Gasteiger partial charge in [0.2, 0.25) is 5.88 Å². The van der Waals surface area contributed by atoms with Crippen LogP contribution in [-0.4, -0.2) is 24.9 Å². The van der Waals surface area contributed by atoms with E-state index in [-0.39, 0.29) is 0 Å². The lowest BCUT2D eigenvalue weighted by Gasteiger charge is -2.09. The van der Waals surface area contributed by atoms with Crippen molar-refractivity contribution in [2.24, 2.45) is 4.99 Å². The fourth-order valence-electron chi connectivity index (χ4n) is 1.65. The topological polar surface area (TPSA) is 34.5 Å². The first-order valence-electron chi connectivity index (χ1n) is 5.22. The Morgan fingerprint density at radius 1 is 1.50 bits per heavy atom. The van der Waals surface area contributed by atoms with E-state index in [0.29, 0.717) is 5.88 Å². The molecule has 1 aromatic rings. The molecule has 0 N–H and O–H groups in total. The third kappa shape index (κ3) is 2.03. The maximum absolute atomic E-state index is 5.14. The lowest BCUT2D eigenvalue weighted by Crippen LogP contribution is -1.97. The third-order valence-corrected chi connectivity index (χ3v) is 2.48. The molecule has 0 bridgehead atoms. The van der Waals surface area contributed by atoms with Gasteiger partial charge >= 0.3 is 0 Å². The van der Waals surface area contributed by atoms with E-state index in [2.05, 4.69) is 22.6 Å². The van der Waals surface area contributed by atoms with E-state index in [9.17, 15) is 0 Å². The highest BCUT2D eigenvalue weighted by Crippen LogP contribution is 2.22. The Kier molecular flexibility index (Phi) is 3.15. The summed E-state index contributed by atoms with van der Waals surface area (Å²) in [5, 5.41) is 0. The largest absolute Gasteiger partial charge is 0.481 e. The predicted molar refractivity (Wildman–Crippen MR) is 66.8 cm³/mol. The summed E-state index contributed by atoms with van der Waals surface area (Å²) in [5.41, 5.74) is 3.07. The molecule has 0 saturated heterocycles. The standard InChI is InChI=1S/C13H14N2O/c1-3-10-7-12(9-15-13(10)16-2)11-5-4-6-14-8-11/h3,5,7-9H,1,4,6H2,2H3. The van der Waals surface area contributed by atoms with Gasteiger partial charge in [0.25, 0.3) is 0 Å². The van der Waals surface area contributed by atoms with Gasteiger partial charge in [-0.15, -0.1) is 0 Å². The zero-order valence-electron chi connectivity index (χ0n) is 9.31. The van der Waals surface area contributed by atoms with E-state index in [1.165, 1.54) is 0 Å². The van der Waals surface area contributed by atoms with Crippen LogP contribution in [0.25, 0.3) is 11.6 Å². The van der Waals surface area contributed by atoms with E-state index < -0.39 is 0 Å². The summed E-state index contributed by atoms with van der Waals surface area (Å²) >= 11 is 0. The fraction of sp³-hybridized carbons (Fsp3) is 0.231. The van der Waals surface area contributed by atoms with Gasteiger partial charge in [-0.2, -0.15) is 0 Å². The Labute approximate surface area is 95.2 Å². The molecule has 0 spiro atoms. The van der Waals surface area contributed by atoms with Crippen molar-refractivity contribution in [2.45, 2.75) is 6.42 Å². The van der Waals surface area contributed by atoms with Gasteiger partial charge < -0.3 is 4.74 Å². The predicted octanol–water partition coefficient (Wildman–Crippen LogP) is 2.59. The molecule has 3 heteroatoms. The number of pyridine rings is 1. The first kappa shape index (κ1) is 10.6. The number of ether oxygens (including phenoxy) is 1. The Morgan fingerprint density at radius 2 is 2.38 bits per heavy atom. The molecule has 0 amide bonds. The molecule has 0 aromatic carbocycles. The molecule has 0 saturated carbocycles. The number of hydrogen-bond acceptors (Lipinski definition) is 3. The van der Waals surface area contributed by atoms with Crippen molar-refractivity contribution in [1.29, 1.82) is 0 Å². The molecule has 1 aliphatic rings. The van der Waals surface area contributed by atoms with E-state index in [0.717, 1.165) is 29.7 Å². The van der Waals surface area contributed by atoms with Crippen LogP contribution in [0.15, 0.2) is 29.9 Å². The van der Waals surface area contributed by atoms with Crippen LogP contribution in [0.1, 0.15) is 17.5 Å². The van der Waals surface area contributed by atoms with Crippen LogP contribution in [0.3, 0.4) is 0 Å². The van der Waals surface area contributed by atoms with Crippen LogP contribution >= 0.6 is 0 Å². The van der Waals surface area contributed by atoms with Crippen LogP contribution in [-0.2, 0) is 0 Å². The lowest BCUT2D eigenvalue weighted by atomic mass is 10.0.